The number of para-hydroxylation sites is 3. The lowest BCUT2D eigenvalue weighted by Crippen LogP contribution is -2.09. The number of benzene rings is 21. The van der Waals surface area contributed by atoms with Crippen molar-refractivity contribution in [3.05, 3.63) is 413 Å². The first-order valence-electron chi connectivity index (χ1n) is 43.3. The minimum atomic E-state index is 0.638. The molecule has 0 atom stereocenters. The van der Waals surface area contributed by atoms with Gasteiger partial charge in [-0.2, -0.15) is 0 Å². The fourth-order valence-electron chi connectivity index (χ4n) is 20.8. The number of rotatable bonds is 11. The molecule has 12 nitrogen and oxygen atoms in total. The molecule has 0 saturated heterocycles. The van der Waals surface area contributed by atoms with E-state index in [0.717, 1.165) is 100 Å². The Morgan fingerprint density at radius 2 is 0.531 bits per heavy atom. The summed E-state index contributed by atoms with van der Waals surface area (Å²) in [6.45, 7) is 0. The van der Waals surface area contributed by atoms with Crippen molar-refractivity contribution in [1.82, 2.24) is 53.6 Å². The average molecular weight is 1630 g/mol. The Morgan fingerprint density at radius 3 is 0.992 bits per heavy atom. The maximum absolute atomic E-state index is 5.22. The summed E-state index contributed by atoms with van der Waals surface area (Å²) in [6, 6.07) is 139. The fraction of sp³-hybridized carbons (Fsp3) is 0. The van der Waals surface area contributed by atoms with Gasteiger partial charge in [-0.15, -0.1) is 0 Å². The van der Waals surface area contributed by atoms with Crippen molar-refractivity contribution in [3.63, 3.8) is 0 Å². The predicted octanol–water partition coefficient (Wildman–Crippen LogP) is 29.5. The van der Waals surface area contributed by atoms with Gasteiger partial charge in [0.25, 0.3) is 0 Å². The molecule has 0 spiro atoms. The molecule has 8 aromatic heterocycles. The Labute approximate surface area is 731 Å². The first kappa shape index (κ1) is 71.1. The van der Waals surface area contributed by atoms with Crippen LogP contribution in [0.4, 0.5) is 17.1 Å². The van der Waals surface area contributed by atoms with Gasteiger partial charge in [-0.1, -0.05) is 273 Å². The molecule has 8 heterocycles. The number of hydrogen-bond donors (Lipinski definition) is 0. The number of nitrogens with zero attached hydrogens (tertiary/aromatic N) is 12. The highest BCUT2D eigenvalue weighted by atomic mass is 15.2. The van der Waals surface area contributed by atoms with E-state index in [4.69, 9.17) is 39.9 Å². The van der Waals surface area contributed by atoms with Crippen LogP contribution in [-0.4, -0.2) is 53.6 Å². The average Bonchev–Trinajstić information content (AvgIpc) is 1.50. The van der Waals surface area contributed by atoms with E-state index in [-0.39, 0.29) is 0 Å². The van der Waals surface area contributed by atoms with E-state index in [9.17, 15) is 0 Å². The maximum atomic E-state index is 5.22. The van der Waals surface area contributed by atoms with Gasteiger partial charge in [0.05, 0.1) is 60.9 Å². The van der Waals surface area contributed by atoms with Gasteiger partial charge < -0.3 is 14.0 Å². The number of hydrogen-bond acceptors (Lipinski definition) is 9. The minimum absolute atomic E-state index is 0.638. The number of anilines is 3. The van der Waals surface area contributed by atoms with Gasteiger partial charge in [0.1, 0.15) is 0 Å². The quantitative estimate of drug-likeness (QED) is 0.0920. The van der Waals surface area contributed by atoms with E-state index in [2.05, 4.69) is 340 Å². The topological polar surface area (TPSA) is 121 Å². The predicted molar refractivity (Wildman–Crippen MR) is 529 cm³/mol. The van der Waals surface area contributed by atoms with Gasteiger partial charge >= 0.3 is 0 Å². The fourth-order valence-corrected chi connectivity index (χ4v) is 20.8. The standard InChI is InChI=1S/C43H27N3.C40H23N5.C33H18N4/c1-3-10-32(11-4-1)45(33-12-5-2-6-13-33)34-22-19-28(20-23-34)31-9-7-14-35(27-31)46-37-16-8-15-36-41(37)42-38(46)24-21-29-17-18-30-25-26-44-43(36)40(30)39(29)42;1-3-9-26(10-4-1)38-42-39(27-11-5-2-6-12-27)44-40(43-38)28-13-7-14-29(23-28)45-31-16-8-15-30-35(31)36-32(45)20-19-24-17-18-25-21-22-41-37(30)34(25)33(24)36;1-2-7-21(8-3-1)31-22-9-4-5-11-24(22)35-33(36-31)37-25-12-6-10-23-29(25)30-26(37)16-15-19-13-14-20-17-18-34-32(23)28(20)27(19)30/h1-27H;1-23H;1-18H. The van der Waals surface area contributed by atoms with Crippen LogP contribution in [0.1, 0.15) is 0 Å². The van der Waals surface area contributed by atoms with Crippen LogP contribution in [0.25, 0.3) is 248 Å². The van der Waals surface area contributed by atoms with Crippen LogP contribution >= 0.6 is 0 Å². The molecular weight excluding hydrogens is 1560 g/mol. The van der Waals surface area contributed by atoms with Crippen molar-refractivity contribution in [2.45, 2.75) is 0 Å². The van der Waals surface area contributed by atoms with Crippen molar-refractivity contribution in [2.75, 3.05) is 4.90 Å². The molecule has 0 aliphatic carbocycles. The normalized spacial score (nSPS) is 12.1. The van der Waals surface area contributed by atoms with E-state index >= 15 is 0 Å². The van der Waals surface area contributed by atoms with Crippen molar-refractivity contribution >= 4 is 191 Å². The van der Waals surface area contributed by atoms with Crippen LogP contribution in [0.2, 0.25) is 0 Å². The summed E-state index contributed by atoms with van der Waals surface area (Å²) in [6.07, 6.45) is 5.79. The number of pyridine rings is 3. The van der Waals surface area contributed by atoms with E-state index < -0.39 is 0 Å². The zero-order chi connectivity index (χ0) is 83.8. The molecule has 0 saturated carbocycles. The van der Waals surface area contributed by atoms with Crippen molar-refractivity contribution in [2.24, 2.45) is 0 Å². The van der Waals surface area contributed by atoms with Gasteiger partial charge in [0, 0.05) is 155 Å². The molecule has 0 amide bonds. The minimum Gasteiger partial charge on any atom is -0.311 e. The molecule has 0 aliphatic heterocycles. The number of fused-ring (bicyclic) bond motifs is 4. The van der Waals surface area contributed by atoms with E-state index in [1.54, 1.807) is 0 Å². The zero-order valence-electron chi connectivity index (χ0n) is 68.6. The van der Waals surface area contributed by atoms with Crippen LogP contribution in [0, 0.1) is 0 Å². The molecule has 592 valence electrons. The Balaban J connectivity index is 0.0000000999. The molecule has 12 heteroatoms. The second-order valence-electron chi connectivity index (χ2n) is 33.2. The second kappa shape index (κ2) is 28.0. The molecule has 0 fully saturated rings. The molecule has 21 aromatic carbocycles. The lowest BCUT2D eigenvalue weighted by atomic mass is 9.92. The summed E-state index contributed by atoms with van der Waals surface area (Å²) in [5.41, 5.74) is 23.9. The SMILES string of the molecule is c1ccc(-c2nc(-c3ccccc3)nc(-c3cccc(-n4c5cccc6c7nccc8ccc9ccc4c(c9c87)c65)c3)n2)cc1.c1ccc(-c2nc(-n3c4cccc5c6nccc7ccc8ccc3c(c8c76)c54)nc3ccccc23)cc1.c1ccc(N(c2ccccc2)c2ccc(-c3cccc(-n4c5cccc6c7nccc8ccc9ccc4c(c9c87)c65)c3)cc2)cc1. The lowest BCUT2D eigenvalue weighted by Gasteiger charge is -2.25. The number of aromatic nitrogens is 11. The Morgan fingerprint density at radius 1 is 0.195 bits per heavy atom. The molecule has 0 N–H and O–H groups in total. The van der Waals surface area contributed by atoms with Crippen molar-refractivity contribution in [3.8, 4) is 73.9 Å². The van der Waals surface area contributed by atoms with E-state index in [1.807, 2.05) is 91.4 Å². The Bertz CT molecular complexity index is 9290. The zero-order valence-corrected chi connectivity index (χ0v) is 68.6. The van der Waals surface area contributed by atoms with E-state index in [0.29, 0.717) is 23.4 Å². The van der Waals surface area contributed by atoms with Gasteiger partial charge in [-0.3, -0.25) is 19.5 Å². The van der Waals surface area contributed by atoms with Crippen LogP contribution in [-0.2, 0) is 0 Å². The van der Waals surface area contributed by atoms with Crippen molar-refractivity contribution in [1.29, 1.82) is 0 Å². The molecule has 0 radical (unpaired) electrons. The van der Waals surface area contributed by atoms with Crippen molar-refractivity contribution < 1.29 is 0 Å². The summed E-state index contributed by atoms with van der Waals surface area (Å²) in [7, 11) is 0. The molecule has 128 heavy (non-hydrogen) atoms. The van der Waals surface area contributed by atoms with Crippen LogP contribution < -0.4 is 4.90 Å². The maximum Gasteiger partial charge on any atom is 0.235 e. The third-order valence-corrected chi connectivity index (χ3v) is 26.3. The third-order valence-electron chi connectivity index (χ3n) is 26.3. The van der Waals surface area contributed by atoms with Gasteiger partial charge in [0.15, 0.2) is 17.5 Å². The Kier molecular flexibility index (Phi) is 15.6. The highest BCUT2D eigenvalue weighted by molar-refractivity contribution is 6.42. The first-order chi connectivity index (χ1) is 63.5. The molecular formula is C116H68N12. The van der Waals surface area contributed by atoms with Crippen LogP contribution in [0.3, 0.4) is 0 Å². The van der Waals surface area contributed by atoms with Gasteiger partial charge in [-0.25, -0.2) is 24.9 Å². The van der Waals surface area contributed by atoms with Crippen LogP contribution in [0.15, 0.2) is 413 Å². The summed E-state index contributed by atoms with van der Waals surface area (Å²) in [4.78, 5) is 42.2. The highest BCUT2D eigenvalue weighted by Gasteiger charge is 2.29. The summed E-state index contributed by atoms with van der Waals surface area (Å²) < 4.78 is 7.04. The summed E-state index contributed by atoms with van der Waals surface area (Å²) in [5, 5.41) is 27.2. The lowest BCUT2D eigenvalue weighted by molar-refractivity contribution is 1.01. The van der Waals surface area contributed by atoms with E-state index in [1.165, 1.54) is 141 Å². The summed E-state index contributed by atoms with van der Waals surface area (Å²) >= 11 is 0. The first-order valence-corrected chi connectivity index (χ1v) is 43.3. The largest absolute Gasteiger partial charge is 0.311 e. The summed E-state index contributed by atoms with van der Waals surface area (Å²) in [5.74, 6) is 2.62. The Hall–Kier alpha value is -17.5. The smallest absolute Gasteiger partial charge is 0.235 e. The molecule has 0 bridgehead atoms. The van der Waals surface area contributed by atoms with Gasteiger partial charge in [0.2, 0.25) is 5.95 Å². The highest BCUT2D eigenvalue weighted by Crippen LogP contribution is 2.52. The van der Waals surface area contributed by atoms with Gasteiger partial charge in [-0.05, 0) is 165 Å². The third kappa shape index (κ3) is 10.8. The molecule has 29 aromatic rings. The molecule has 0 aliphatic rings. The second-order valence-corrected chi connectivity index (χ2v) is 33.2. The van der Waals surface area contributed by atoms with Crippen LogP contribution in [0.5, 0.6) is 0 Å². The monoisotopic (exact) mass is 1630 g/mol. The molecule has 0 unspecified atom stereocenters. The molecule has 29 rings (SSSR count).